The van der Waals surface area contributed by atoms with Crippen LogP contribution in [-0.4, -0.2) is 38.3 Å². The first kappa shape index (κ1) is 19.9. The van der Waals surface area contributed by atoms with Gasteiger partial charge in [-0.25, -0.2) is 0 Å². The zero-order chi connectivity index (χ0) is 20.3. The van der Waals surface area contributed by atoms with Gasteiger partial charge in [0, 0.05) is 50.2 Å². The van der Waals surface area contributed by atoms with Gasteiger partial charge in [-0.1, -0.05) is 18.2 Å². The SMILES string of the molecule is CN(Cc1ccccc1N1CCOCC1)c1ccc([N+](=O)[O-])cc1C(F)(F)F. The molecule has 0 amide bonds. The van der Waals surface area contributed by atoms with Gasteiger partial charge in [-0.05, 0) is 17.7 Å². The molecule has 9 heteroatoms. The lowest BCUT2D eigenvalue weighted by Crippen LogP contribution is -2.37. The standard InChI is InChI=1S/C19H20F3N3O3/c1-23(18-7-6-15(25(26)27)12-16(18)19(20,21)22)13-14-4-2-3-5-17(14)24-8-10-28-11-9-24/h2-7,12H,8-11,13H2,1H3. The summed E-state index contributed by atoms with van der Waals surface area (Å²) in [6, 6.07) is 10.4. The molecule has 0 bridgehead atoms. The molecule has 2 aromatic rings. The van der Waals surface area contributed by atoms with Crippen molar-refractivity contribution in [2.45, 2.75) is 12.7 Å². The van der Waals surface area contributed by atoms with Crippen LogP contribution in [-0.2, 0) is 17.5 Å². The Morgan fingerprint density at radius 1 is 1.18 bits per heavy atom. The number of hydrogen-bond acceptors (Lipinski definition) is 5. The number of para-hydroxylation sites is 1. The molecule has 0 unspecified atom stereocenters. The van der Waals surface area contributed by atoms with E-state index in [2.05, 4.69) is 4.90 Å². The third-order valence-corrected chi connectivity index (χ3v) is 4.66. The van der Waals surface area contributed by atoms with Gasteiger partial charge >= 0.3 is 6.18 Å². The fourth-order valence-corrected chi connectivity index (χ4v) is 3.30. The molecular formula is C19H20F3N3O3. The summed E-state index contributed by atoms with van der Waals surface area (Å²) in [5, 5.41) is 10.9. The zero-order valence-corrected chi connectivity index (χ0v) is 15.3. The van der Waals surface area contributed by atoms with Gasteiger partial charge in [-0.15, -0.1) is 0 Å². The number of hydrogen-bond donors (Lipinski definition) is 0. The van der Waals surface area contributed by atoms with Crippen LogP contribution in [0.25, 0.3) is 0 Å². The van der Waals surface area contributed by atoms with Crippen LogP contribution in [0.3, 0.4) is 0 Å². The molecule has 0 spiro atoms. The maximum absolute atomic E-state index is 13.5. The maximum atomic E-state index is 13.5. The highest BCUT2D eigenvalue weighted by atomic mass is 19.4. The lowest BCUT2D eigenvalue weighted by Gasteiger charge is -2.32. The number of nitro groups is 1. The molecule has 0 radical (unpaired) electrons. The highest BCUT2D eigenvalue weighted by Crippen LogP contribution is 2.39. The van der Waals surface area contributed by atoms with E-state index in [1.807, 2.05) is 24.3 Å². The maximum Gasteiger partial charge on any atom is 0.418 e. The Balaban J connectivity index is 1.92. The summed E-state index contributed by atoms with van der Waals surface area (Å²) in [5.41, 5.74) is 0.118. The summed E-state index contributed by atoms with van der Waals surface area (Å²) in [6.45, 7) is 2.86. The van der Waals surface area contributed by atoms with Crippen LogP contribution < -0.4 is 9.80 Å². The molecule has 1 saturated heterocycles. The Morgan fingerprint density at radius 3 is 2.50 bits per heavy atom. The van der Waals surface area contributed by atoms with E-state index in [1.54, 1.807) is 7.05 Å². The number of rotatable bonds is 5. The second kappa shape index (κ2) is 8.05. The predicted molar refractivity (Wildman–Crippen MR) is 99.7 cm³/mol. The molecule has 0 aliphatic carbocycles. The van der Waals surface area contributed by atoms with Gasteiger partial charge in [0.25, 0.3) is 5.69 Å². The van der Waals surface area contributed by atoms with E-state index in [4.69, 9.17) is 4.74 Å². The number of benzene rings is 2. The topological polar surface area (TPSA) is 58.8 Å². The van der Waals surface area contributed by atoms with Crippen LogP contribution in [0, 0.1) is 10.1 Å². The van der Waals surface area contributed by atoms with E-state index in [0.717, 1.165) is 23.4 Å². The summed E-state index contributed by atoms with van der Waals surface area (Å²) >= 11 is 0. The average molecular weight is 395 g/mol. The highest BCUT2D eigenvalue weighted by Gasteiger charge is 2.36. The zero-order valence-electron chi connectivity index (χ0n) is 15.3. The third kappa shape index (κ3) is 4.36. The van der Waals surface area contributed by atoms with E-state index in [1.165, 1.54) is 4.90 Å². The van der Waals surface area contributed by atoms with Crippen LogP contribution in [0.2, 0.25) is 0 Å². The van der Waals surface area contributed by atoms with Crippen molar-refractivity contribution in [1.29, 1.82) is 0 Å². The first-order chi connectivity index (χ1) is 13.3. The second-order valence-corrected chi connectivity index (χ2v) is 6.54. The predicted octanol–water partition coefficient (Wildman–Crippen LogP) is 4.09. The molecule has 1 aliphatic rings. The molecular weight excluding hydrogens is 375 g/mol. The molecule has 6 nitrogen and oxygen atoms in total. The number of halogens is 3. The van der Waals surface area contributed by atoms with Crippen molar-refractivity contribution in [2.24, 2.45) is 0 Å². The van der Waals surface area contributed by atoms with Gasteiger partial charge in [0.1, 0.15) is 0 Å². The Labute approximate surface area is 160 Å². The lowest BCUT2D eigenvalue weighted by molar-refractivity contribution is -0.385. The Hall–Kier alpha value is -2.81. The summed E-state index contributed by atoms with van der Waals surface area (Å²) < 4.78 is 45.8. The van der Waals surface area contributed by atoms with Gasteiger partial charge in [0.2, 0.25) is 0 Å². The van der Waals surface area contributed by atoms with E-state index < -0.39 is 22.4 Å². The van der Waals surface area contributed by atoms with Gasteiger partial charge in [0.05, 0.1) is 23.7 Å². The molecule has 0 atom stereocenters. The van der Waals surface area contributed by atoms with Gasteiger partial charge in [0.15, 0.2) is 0 Å². The summed E-state index contributed by atoms with van der Waals surface area (Å²) in [7, 11) is 1.55. The fraction of sp³-hybridized carbons (Fsp3) is 0.368. The Kier molecular flexibility index (Phi) is 5.73. The first-order valence-electron chi connectivity index (χ1n) is 8.75. The number of morpholine rings is 1. The molecule has 0 N–H and O–H groups in total. The molecule has 1 heterocycles. The van der Waals surface area contributed by atoms with E-state index in [9.17, 15) is 23.3 Å². The molecule has 1 fully saturated rings. The van der Waals surface area contributed by atoms with Crippen molar-refractivity contribution in [3.05, 3.63) is 63.7 Å². The smallest absolute Gasteiger partial charge is 0.378 e. The summed E-state index contributed by atoms with van der Waals surface area (Å²) in [4.78, 5) is 13.7. The number of non-ortho nitro benzene ring substituents is 1. The fourth-order valence-electron chi connectivity index (χ4n) is 3.30. The van der Waals surface area contributed by atoms with Crippen molar-refractivity contribution in [2.75, 3.05) is 43.2 Å². The average Bonchev–Trinajstić information content (AvgIpc) is 2.68. The van der Waals surface area contributed by atoms with Gasteiger partial charge in [-0.3, -0.25) is 10.1 Å². The number of anilines is 2. The molecule has 2 aromatic carbocycles. The van der Waals surface area contributed by atoms with Crippen LogP contribution in [0.15, 0.2) is 42.5 Å². The molecule has 0 aromatic heterocycles. The number of nitrogens with zero attached hydrogens (tertiary/aromatic N) is 3. The number of nitro benzene ring substituents is 1. The van der Waals surface area contributed by atoms with Crippen molar-refractivity contribution < 1.29 is 22.8 Å². The first-order valence-corrected chi connectivity index (χ1v) is 8.75. The van der Waals surface area contributed by atoms with Crippen molar-refractivity contribution in [3.8, 4) is 0 Å². The molecule has 1 aliphatic heterocycles. The highest BCUT2D eigenvalue weighted by molar-refractivity contribution is 5.61. The molecule has 3 rings (SSSR count). The molecule has 28 heavy (non-hydrogen) atoms. The van der Waals surface area contributed by atoms with Crippen LogP contribution in [0.1, 0.15) is 11.1 Å². The van der Waals surface area contributed by atoms with Crippen LogP contribution in [0.4, 0.5) is 30.2 Å². The quantitative estimate of drug-likeness (QED) is 0.564. The minimum Gasteiger partial charge on any atom is -0.378 e. The minimum absolute atomic E-state index is 0.102. The normalized spacial score (nSPS) is 14.8. The minimum atomic E-state index is -4.70. The van der Waals surface area contributed by atoms with Crippen LogP contribution in [0.5, 0.6) is 0 Å². The Morgan fingerprint density at radius 2 is 1.86 bits per heavy atom. The number of ether oxygens (including phenoxy) is 1. The van der Waals surface area contributed by atoms with E-state index >= 15 is 0 Å². The number of alkyl halides is 3. The summed E-state index contributed by atoms with van der Waals surface area (Å²) in [6.07, 6.45) is -4.70. The van der Waals surface area contributed by atoms with Crippen molar-refractivity contribution in [1.82, 2.24) is 0 Å². The van der Waals surface area contributed by atoms with Crippen LogP contribution >= 0.6 is 0 Å². The monoisotopic (exact) mass is 395 g/mol. The van der Waals surface area contributed by atoms with Crippen molar-refractivity contribution in [3.63, 3.8) is 0 Å². The van der Waals surface area contributed by atoms with Gasteiger partial charge < -0.3 is 14.5 Å². The lowest BCUT2D eigenvalue weighted by atomic mass is 10.1. The van der Waals surface area contributed by atoms with E-state index in [0.29, 0.717) is 32.4 Å². The Bertz CT molecular complexity index is 852. The van der Waals surface area contributed by atoms with Crippen molar-refractivity contribution >= 4 is 17.1 Å². The molecule has 150 valence electrons. The summed E-state index contributed by atoms with van der Waals surface area (Å²) in [5.74, 6) is 0. The van der Waals surface area contributed by atoms with E-state index in [-0.39, 0.29) is 12.2 Å². The largest absolute Gasteiger partial charge is 0.418 e. The second-order valence-electron chi connectivity index (χ2n) is 6.54. The third-order valence-electron chi connectivity index (χ3n) is 4.66. The molecule has 0 saturated carbocycles. The van der Waals surface area contributed by atoms with Gasteiger partial charge in [-0.2, -0.15) is 13.2 Å².